The van der Waals surface area contributed by atoms with Gasteiger partial charge >= 0.3 is 5.97 Å². The largest absolute Gasteiger partial charge is 0.494 e. The molecule has 0 amide bonds. The first-order chi connectivity index (χ1) is 26.8. The maximum atomic E-state index is 13.0. The highest BCUT2D eigenvalue weighted by Gasteiger charge is 2.67. The lowest BCUT2D eigenvalue weighted by atomic mass is 9.33. The highest BCUT2D eigenvalue weighted by molar-refractivity contribution is 7.16. The third kappa shape index (κ3) is 8.79. The molecule has 56 heavy (non-hydrogen) atoms. The summed E-state index contributed by atoms with van der Waals surface area (Å²) in [5.74, 6) is 1.60. The van der Waals surface area contributed by atoms with Crippen LogP contribution in [0.1, 0.15) is 59.1 Å². The van der Waals surface area contributed by atoms with Crippen molar-refractivity contribution in [2.24, 2.45) is 10.4 Å². The number of anilines is 2. The molecule has 0 unspecified atom stereocenters. The highest BCUT2D eigenvalue weighted by atomic mass is 32.1. The van der Waals surface area contributed by atoms with E-state index >= 15 is 0 Å². The van der Waals surface area contributed by atoms with E-state index in [1.54, 1.807) is 18.3 Å². The Kier molecular flexibility index (Phi) is 11.9. The van der Waals surface area contributed by atoms with Crippen molar-refractivity contribution in [2.75, 3.05) is 52.4 Å². The first-order valence-corrected chi connectivity index (χ1v) is 24.9. The Balaban J connectivity index is 1.00. The second kappa shape index (κ2) is 16.5. The van der Waals surface area contributed by atoms with Gasteiger partial charge in [-0.1, -0.05) is 55.2 Å². The first kappa shape index (κ1) is 40.3. The molecule has 0 spiro atoms. The zero-order valence-electron chi connectivity index (χ0n) is 34.1. The van der Waals surface area contributed by atoms with Crippen molar-refractivity contribution in [3.63, 3.8) is 0 Å². The van der Waals surface area contributed by atoms with Gasteiger partial charge in [0.05, 0.1) is 23.4 Å². The molecule has 14 heteroatoms. The predicted molar refractivity (Wildman–Crippen MR) is 229 cm³/mol. The number of carbonyl (C=O) groups is 1. The summed E-state index contributed by atoms with van der Waals surface area (Å²) < 4.78 is 20.9. The third-order valence-corrected chi connectivity index (χ3v) is 14.8. The standard InChI is InChI=1S/C42H55N7O4S2Si/c1-9-52-38(50)36-34(15-12-20-53-31-18-16-30(17-19-31)42-24-41(25-42,26-42)27-47(3)4)55-39(43-36)48(5)35-23-29(2)37(46-45-35)44-40-49(28-51-21-22-56(6,7)8)32-13-10-11-14-33(32)54-40/h10-11,13-14,16-19,23H,9,12,15,20-22,24-28H2,1-8H3/b44-40-. The number of rotatable bonds is 18. The van der Waals surface area contributed by atoms with Crippen LogP contribution in [0.3, 0.4) is 0 Å². The van der Waals surface area contributed by atoms with Crippen LogP contribution < -0.4 is 14.4 Å². The fraction of sp³-hybridized carbons (Fsp3) is 0.500. The van der Waals surface area contributed by atoms with Gasteiger partial charge < -0.3 is 24.0 Å². The number of carbonyl (C=O) groups excluding carboxylic acids is 1. The maximum absolute atomic E-state index is 13.0. The molecular weight excluding hydrogens is 759 g/mol. The number of nitrogens with zero attached hydrogens (tertiary/aromatic N) is 7. The summed E-state index contributed by atoms with van der Waals surface area (Å²) in [5, 5.41) is 9.74. The molecule has 0 radical (unpaired) electrons. The summed E-state index contributed by atoms with van der Waals surface area (Å²) >= 11 is 3.07. The number of para-hydroxylation sites is 1. The Labute approximate surface area is 339 Å². The summed E-state index contributed by atoms with van der Waals surface area (Å²) in [6.07, 6.45) is 5.25. The zero-order chi connectivity index (χ0) is 39.7. The van der Waals surface area contributed by atoms with E-state index in [0.717, 1.165) is 50.3 Å². The van der Waals surface area contributed by atoms with Crippen LogP contribution in [-0.4, -0.2) is 86.2 Å². The number of hydrogen-bond acceptors (Lipinski definition) is 12. The number of aryl methyl sites for hydroxylation is 2. The van der Waals surface area contributed by atoms with Crippen molar-refractivity contribution in [3.05, 3.63) is 81.1 Å². The number of aromatic nitrogens is 4. The number of thiazole rings is 2. The number of benzene rings is 2. The van der Waals surface area contributed by atoms with Crippen molar-refractivity contribution in [1.29, 1.82) is 0 Å². The fourth-order valence-corrected chi connectivity index (χ4v) is 11.0. The molecule has 11 nitrogen and oxygen atoms in total. The molecule has 298 valence electrons. The highest BCUT2D eigenvalue weighted by Crippen LogP contribution is 2.73. The summed E-state index contributed by atoms with van der Waals surface area (Å²) in [6, 6.07) is 20.0. The van der Waals surface area contributed by atoms with E-state index in [-0.39, 0.29) is 6.61 Å². The quantitative estimate of drug-likeness (QED) is 0.0488. The maximum Gasteiger partial charge on any atom is 0.358 e. The lowest BCUT2D eigenvalue weighted by Gasteiger charge is -2.72. The molecule has 0 N–H and O–H groups in total. The van der Waals surface area contributed by atoms with Crippen LogP contribution in [0.5, 0.6) is 5.75 Å². The smallest absolute Gasteiger partial charge is 0.358 e. The zero-order valence-corrected chi connectivity index (χ0v) is 36.7. The van der Waals surface area contributed by atoms with Crippen LogP contribution in [0.2, 0.25) is 25.7 Å². The Morgan fingerprint density at radius 1 is 1.00 bits per heavy atom. The molecule has 8 rings (SSSR count). The number of esters is 1. The molecule has 3 fully saturated rings. The van der Waals surface area contributed by atoms with Gasteiger partial charge in [-0.2, -0.15) is 4.99 Å². The van der Waals surface area contributed by atoms with Crippen LogP contribution in [0.15, 0.2) is 59.6 Å². The van der Waals surface area contributed by atoms with Crippen molar-refractivity contribution in [3.8, 4) is 5.75 Å². The molecule has 0 saturated heterocycles. The van der Waals surface area contributed by atoms with Crippen LogP contribution in [0.4, 0.5) is 16.8 Å². The van der Waals surface area contributed by atoms with Crippen molar-refractivity contribution in [2.45, 2.75) is 83.8 Å². The summed E-state index contributed by atoms with van der Waals surface area (Å²) in [5.41, 5.74) is 4.64. The van der Waals surface area contributed by atoms with E-state index in [9.17, 15) is 4.79 Å². The van der Waals surface area contributed by atoms with Crippen LogP contribution >= 0.6 is 22.7 Å². The van der Waals surface area contributed by atoms with Crippen molar-refractivity contribution < 1.29 is 19.0 Å². The van der Waals surface area contributed by atoms with E-state index < -0.39 is 14.0 Å². The molecule has 3 aliphatic carbocycles. The SMILES string of the molecule is CCOC(=O)c1nc(N(C)c2cc(C)c(/N=c3\sc4ccccc4n3COCC[Si](C)(C)C)nn2)sc1CCCOc1ccc(C23CC(CN(C)C)(C2)C3)cc1. The molecule has 2 bridgehead atoms. The van der Waals surface area contributed by atoms with E-state index in [1.165, 1.54) is 42.7 Å². The summed E-state index contributed by atoms with van der Waals surface area (Å²) in [7, 11) is 5.03. The fourth-order valence-electron chi connectivity index (χ4n) is 8.17. The Morgan fingerprint density at radius 2 is 1.75 bits per heavy atom. The molecule has 0 atom stereocenters. The van der Waals surface area contributed by atoms with Crippen LogP contribution in [0, 0.1) is 12.3 Å². The first-order valence-electron chi connectivity index (χ1n) is 19.6. The second-order valence-electron chi connectivity index (χ2n) is 17.0. The van der Waals surface area contributed by atoms with Gasteiger partial charge in [0.15, 0.2) is 27.3 Å². The second-order valence-corrected chi connectivity index (χ2v) is 24.7. The molecule has 3 aliphatic rings. The van der Waals surface area contributed by atoms with Gasteiger partial charge in [0, 0.05) is 33.2 Å². The summed E-state index contributed by atoms with van der Waals surface area (Å²) in [6.45, 7) is 14.0. The van der Waals surface area contributed by atoms with Crippen LogP contribution in [0.25, 0.3) is 10.2 Å². The van der Waals surface area contributed by atoms with E-state index in [4.69, 9.17) is 24.2 Å². The predicted octanol–water partition coefficient (Wildman–Crippen LogP) is 8.74. The van der Waals surface area contributed by atoms with E-state index in [2.05, 4.69) is 89.8 Å². The summed E-state index contributed by atoms with van der Waals surface area (Å²) in [4.78, 5) is 28.6. The van der Waals surface area contributed by atoms with Gasteiger partial charge in [-0.25, -0.2) is 9.78 Å². The normalized spacial score (nSPS) is 19.3. The molecule has 3 aromatic heterocycles. The number of hydrogen-bond donors (Lipinski definition) is 0. The van der Waals surface area contributed by atoms with Gasteiger partial charge in [0.1, 0.15) is 12.5 Å². The molecule has 0 aliphatic heterocycles. The van der Waals surface area contributed by atoms with E-state index in [1.807, 2.05) is 37.1 Å². The molecule has 3 saturated carbocycles. The van der Waals surface area contributed by atoms with Crippen molar-refractivity contribution in [1.82, 2.24) is 24.6 Å². The number of ether oxygens (including phenoxy) is 3. The van der Waals surface area contributed by atoms with Gasteiger partial charge in [-0.05, 0) is 118 Å². The average Bonchev–Trinajstić information content (AvgIpc) is 3.71. The Morgan fingerprint density at radius 3 is 2.45 bits per heavy atom. The monoisotopic (exact) mass is 813 g/mol. The average molecular weight is 814 g/mol. The van der Waals surface area contributed by atoms with E-state index in [0.29, 0.717) is 53.0 Å². The van der Waals surface area contributed by atoms with Gasteiger partial charge in [0.2, 0.25) is 0 Å². The number of fused-ring (bicyclic) bond motifs is 1. The molecule has 3 heterocycles. The Bertz CT molecular complexity index is 2220. The topological polar surface area (TPSA) is 107 Å². The minimum Gasteiger partial charge on any atom is -0.494 e. The van der Waals surface area contributed by atoms with Gasteiger partial charge in [-0.15, -0.1) is 21.5 Å². The van der Waals surface area contributed by atoms with Gasteiger partial charge in [0.25, 0.3) is 0 Å². The Hall–Kier alpha value is -3.95. The van der Waals surface area contributed by atoms with Crippen molar-refractivity contribution >= 4 is 63.7 Å². The molecule has 2 aromatic carbocycles. The van der Waals surface area contributed by atoms with Gasteiger partial charge in [-0.3, -0.25) is 4.57 Å². The third-order valence-electron chi connectivity index (χ3n) is 10.8. The minimum absolute atomic E-state index is 0.276. The minimum atomic E-state index is -1.20. The van der Waals surface area contributed by atoms with Crippen LogP contribution in [-0.2, 0) is 28.0 Å². The molecule has 5 aromatic rings. The lowest BCUT2D eigenvalue weighted by molar-refractivity contribution is -0.151. The molecular formula is C42H55N7O4S2Si. The lowest BCUT2D eigenvalue weighted by Crippen LogP contribution is -2.67.